The van der Waals surface area contributed by atoms with Gasteiger partial charge < -0.3 is 19.6 Å². The molecule has 0 unspecified atom stereocenters. The van der Waals surface area contributed by atoms with Crippen molar-refractivity contribution in [2.75, 3.05) is 7.11 Å². The van der Waals surface area contributed by atoms with E-state index in [1.54, 1.807) is 19.4 Å². The summed E-state index contributed by atoms with van der Waals surface area (Å²) in [4.78, 5) is 33.3. The molecule has 0 radical (unpaired) electrons. The van der Waals surface area contributed by atoms with Gasteiger partial charge in [-0.2, -0.15) is 0 Å². The molecule has 0 saturated heterocycles. The summed E-state index contributed by atoms with van der Waals surface area (Å²) in [6, 6.07) is 15.8. The summed E-state index contributed by atoms with van der Waals surface area (Å²) in [5, 5.41) is 3.73. The van der Waals surface area contributed by atoms with Crippen LogP contribution in [0.3, 0.4) is 0 Å². The number of amides is 1. The second kappa shape index (κ2) is 10.1. The van der Waals surface area contributed by atoms with Gasteiger partial charge in [0, 0.05) is 41.6 Å². The Kier molecular flexibility index (Phi) is 6.51. The van der Waals surface area contributed by atoms with Gasteiger partial charge in [0.25, 0.3) is 11.5 Å². The molecule has 5 rings (SSSR count). The van der Waals surface area contributed by atoms with Gasteiger partial charge in [-0.25, -0.2) is 13.8 Å². The van der Waals surface area contributed by atoms with Crippen molar-refractivity contribution >= 4 is 16.9 Å². The average Bonchev–Trinajstić information content (AvgIpc) is 3.34. The smallest absolute Gasteiger partial charge is 0.263 e. The lowest BCUT2D eigenvalue weighted by molar-refractivity contribution is 0.0949. The molecule has 0 fully saturated rings. The number of nitrogens with zero attached hydrogens (tertiary/aromatic N) is 2. The minimum absolute atomic E-state index is 0.00152. The highest BCUT2D eigenvalue weighted by Gasteiger charge is 2.15. The predicted octanol–water partition coefficient (Wildman–Crippen LogP) is 4.66. The lowest BCUT2D eigenvalue weighted by atomic mass is 10.0. The zero-order valence-corrected chi connectivity index (χ0v) is 19.8. The molecule has 9 heteroatoms. The molecule has 3 aromatic heterocycles. The Labute approximate surface area is 210 Å². The van der Waals surface area contributed by atoms with Crippen LogP contribution in [-0.2, 0) is 13.1 Å². The summed E-state index contributed by atoms with van der Waals surface area (Å²) in [5.74, 6) is -1.84. The maximum absolute atomic E-state index is 13.6. The van der Waals surface area contributed by atoms with Crippen molar-refractivity contribution in [2.45, 2.75) is 13.1 Å². The van der Waals surface area contributed by atoms with Crippen molar-refractivity contribution in [3.05, 3.63) is 118 Å². The summed E-state index contributed by atoms with van der Waals surface area (Å²) in [6.07, 6.45) is 5.06. The molecule has 3 heterocycles. The number of hydrogen-bond donors (Lipinski definition) is 2. The highest BCUT2D eigenvalue weighted by molar-refractivity contribution is 5.95. The monoisotopic (exact) mass is 500 g/mol. The molecular formula is C28H22F2N4O3. The number of carbonyl (C=O) groups is 1. The third-order valence-corrected chi connectivity index (χ3v) is 6.06. The van der Waals surface area contributed by atoms with Crippen LogP contribution in [0.15, 0.2) is 84.0 Å². The summed E-state index contributed by atoms with van der Waals surface area (Å²) < 4.78 is 33.6. The average molecular weight is 501 g/mol. The standard InChI is InChI=1S/C28H22F2N4O3/c1-37-25-9-7-17(12-21(25)22-15-32-26-19(22)4-2-10-31-26)14-33-27(35)20-5-3-11-34(28(20)36)16-18-6-8-23(29)24(30)13-18/h2-13,15H,14,16H2,1H3,(H,31,32)(H,33,35). The van der Waals surface area contributed by atoms with Gasteiger partial charge in [-0.3, -0.25) is 9.59 Å². The Morgan fingerprint density at radius 1 is 1.03 bits per heavy atom. The largest absolute Gasteiger partial charge is 0.496 e. The van der Waals surface area contributed by atoms with Gasteiger partial charge in [0.15, 0.2) is 11.6 Å². The highest BCUT2D eigenvalue weighted by atomic mass is 19.2. The zero-order valence-electron chi connectivity index (χ0n) is 19.8. The summed E-state index contributed by atoms with van der Waals surface area (Å²) in [6.45, 7) is 0.173. The zero-order chi connectivity index (χ0) is 25.9. The van der Waals surface area contributed by atoms with E-state index < -0.39 is 23.1 Å². The molecule has 0 atom stereocenters. The van der Waals surface area contributed by atoms with E-state index in [0.717, 1.165) is 39.9 Å². The lowest BCUT2D eigenvalue weighted by Gasteiger charge is -2.12. The summed E-state index contributed by atoms with van der Waals surface area (Å²) in [5.41, 5.74) is 3.12. The van der Waals surface area contributed by atoms with E-state index in [-0.39, 0.29) is 18.7 Å². The second-order valence-corrected chi connectivity index (χ2v) is 8.42. The fraction of sp³-hybridized carbons (Fsp3) is 0.107. The van der Waals surface area contributed by atoms with Crippen molar-refractivity contribution in [1.82, 2.24) is 19.9 Å². The molecule has 0 aliphatic heterocycles. The first kappa shape index (κ1) is 23.9. The number of fused-ring (bicyclic) bond motifs is 1. The van der Waals surface area contributed by atoms with E-state index >= 15 is 0 Å². The van der Waals surface area contributed by atoms with Crippen LogP contribution in [0.4, 0.5) is 8.78 Å². The molecule has 0 saturated carbocycles. The van der Waals surface area contributed by atoms with Gasteiger partial charge in [0.2, 0.25) is 0 Å². The number of nitrogens with one attached hydrogen (secondary N) is 2. The Hall–Kier alpha value is -4.79. The molecule has 186 valence electrons. The minimum Gasteiger partial charge on any atom is -0.496 e. The number of H-pyrrole nitrogens is 1. The molecule has 0 aliphatic rings. The summed E-state index contributed by atoms with van der Waals surface area (Å²) >= 11 is 0. The van der Waals surface area contributed by atoms with Gasteiger partial charge in [0.1, 0.15) is 17.0 Å². The minimum atomic E-state index is -0.998. The molecule has 2 aromatic carbocycles. The molecule has 0 bridgehead atoms. The normalized spacial score (nSPS) is 11.0. The van der Waals surface area contributed by atoms with E-state index in [2.05, 4.69) is 15.3 Å². The Morgan fingerprint density at radius 3 is 2.68 bits per heavy atom. The quantitative estimate of drug-likeness (QED) is 0.340. The fourth-order valence-corrected chi connectivity index (χ4v) is 4.20. The van der Waals surface area contributed by atoms with E-state index in [0.29, 0.717) is 11.3 Å². The third-order valence-electron chi connectivity index (χ3n) is 6.06. The SMILES string of the molecule is COc1ccc(CNC(=O)c2cccn(Cc3ccc(F)c(F)c3)c2=O)cc1-c1c[nH]c2ncccc12. The first-order chi connectivity index (χ1) is 17.9. The van der Waals surface area contributed by atoms with Crippen molar-refractivity contribution in [2.24, 2.45) is 0 Å². The Bertz CT molecular complexity index is 1680. The first-order valence-electron chi connectivity index (χ1n) is 11.5. The van der Waals surface area contributed by atoms with E-state index in [9.17, 15) is 18.4 Å². The number of aromatic amines is 1. The highest BCUT2D eigenvalue weighted by Crippen LogP contribution is 2.35. The number of carbonyl (C=O) groups excluding carboxylic acids is 1. The predicted molar refractivity (Wildman–Crippen MR) is 135 cm³/mol. The van der Waals surface area contributed by atoms with E-state index in [4.69, 9.17) is 4.74 Å². The van der Waals surface area contributed by atoms with Gasteiger partial charge in [-0.05, 0) is 59.7 Å². The number of aromatic nitrogens is 3. The number of methoxy groups -OCH3 is 1. The van der Waals surface area contributed by atoms with Crippen molar-refractivity contribution in [3.63, 3.8) is 0 Å². The summed E-state index contributed by atoms with van der Waals surface area (Å²) in [7, 11) is 1.59. The van der Waals surface area contributed by atoms with Crippen molar-refractivity contribution < 1.29 is 18.3 Å². The van der Waals surface area contributed by atoms with Crippen molar-refractivity contribution in [3.8, 4) is 16.9 Å². The van der Waals surface area contributed by atoms with Crippen LogP contribution in [0, 0.1) is 11.6 Å². The van der Waals surface area contributed by atoms with Crippen LogP contribution in [0.25, 0.3) is 22.2 Å². The van der Waals surface area contributed by atoms with E-state index in [1.165, 1.54) is 22.9 Å². The fourth-order valence-electron chi connectivity index (χ4n) is 4.20. The molecule has 7 nitrogen and oxygen atoms in total. The number of rotatable bonds is 7. The second-order valence-electron chi connectivity index (χ2n) is 8.42. The topological polar surface area (TPSA) is 89.0 Å². The van der Waals surface area contributed by atoms with Crippen LogP contribution < -0.4 is 15.6 Å². The van der Waals surface area contributed by atoms with Gasteiger partial charge >= 0.3 is 0 Å². The Balaban J connectivity index is 1.36. The molecule has 1 amide bonds. The lowest BCUT2D eigenvalue weighted by Crippen LogP contribution is -2.32. The molecule has 0 spiro atoms. The van der Waals surface area contributed by atoms with Crippen LogP contribution in [-0.4, -0.2) is 27.6 Å². The van der Waals surface area contributed by atoms with Gasteiger partial charge in [-0.1, -0.05) is 12.1 Å². The molecule has 0 aliphatic carbocycles. The van der Waals surface area contributed by atoms with Crippen LogP contribution in [0.1, 0.15) is 21.5 Å². The number of halogens is 2. The number of pyridine rings is 2. The molecule has 5 aromatic rings. The number of benzene rings is 2. The van der Waals surface area contributed by atoms with Crippen LogP contribution in [0.2, 0.25) is 0 Å². The molecule has 2 N–H and O–H groups in total. The number of hydrogen-bond acceptors (Lipinski definition) is 4. The third kappa shape index (κ3) is 4.84. The first-order valence-corrected chi connectivity index (χ1v) is 11.5. The molecule has 37 heavy (non-hydrogen) atoms. The Morgan fingerprint density at radius 2 is 1.86 bits per heavy atom. The van der Waals surface area contributed by atoms with Gasteiger partial charge in [-0.15, -0.1) is 0 Å². The van der Waals surface area contributed by atoms with Crippen molar-refractivity contribution in [1.29, 1.82) is 0 Å². The van der Waals surface area contributed by atoms with Crippen LogP contribution in [0.5, 0.6) is 5.75 Å². The maximum Gasteiger partial charge on any atom is 0.263 e. The maximum atomic E-state index is 13.6. The van der Waals surface area contributed by atoms with E-state index in [1.807, 2.05) is 36.5 Å². The number of ether oxygens (including phenoxy) is 1. The molecular weight excluding hydrogens is 478 g/mol. The van der Waals surface area contributed by atoms with Crippen LogP contribution >= 0.6 is 0 Å². The van der Waals surface area contributed by atoms with Gasteiger partial charge in [0.05, 0.1) is 13.7 Å².